The number of nitrogens with zero attached hydrogens (tertiary/aromatic N) is 1. The molecule has 0 radical (unpaired) electrons. The maximum Gasteiger partial charge on any atom is 0.110 e. The molecule has 18 heavy (non-hydrogen) atoms. The summed E-state index contributed by atoms with van der Waals surface area (Å²) in [6.07, 6.45) is 2.10. The van der Waals surface area contributed by atoms with Crippen LogP contribution >= 0.6 is 15.9 Å². The van der Waals surface area contributed by atoms with E-state index in [1.807, 2.05) is 12.1 Å². The Morgan fingerprint density at radius 2 is 1.94 bits per heavy atom. The molecular formula is C14H16BrN3. The zero-order chi connectivity index (χ0) is 12.7. The summed E-state index contributed by atoms with van der Waals surface area (Å²) < 4.78 is 1.09. The van der Waals surface area contributed by atoms with Gasteiger partial charge in [-0.3, -0.25) is 0 Å². The Balaban J connectivity index is 1.90. The zero-order valence-corrected chi connectivity index (χ0v) is 11.9. The smallest absolute Gasteiger partial charge is 0.110 e. The number of benzene rings is 1. The van der Waals surface area contributed by atoms with Crippen LogP contribution in [0.1, 0.15) is 30.3 Å². The first-order valence-electron chi connectivity index (χ1n) is 6.21. The normalized spacial score (nSPS) is 22.8. The van der Waals surface area contributed by atoms with Crippen LogP contribution in [0, 0.1) is 6.92 Å². The van der Waals surface area contributed by atoms with Crippen LogP contribution in [-0.2, 0) is 0 Å². The molecule has 0 spiro atoms. The van der Waals surface area contributed by atoms with E-state index in [0.717, 1.165) is 40.1 Å². The number of hydrogen-bond donors (Lipinski definition) is 2. The zero-order valence-electron chi connectivity index (χ0n) is 10.3. The minimum atomic E-state index is 0.358. The Hall–Kier alpha value is -1.13. The minimum absolute atomic E-state index is 0.358. The van der Waals surface area contributed by atoms with Gasteiger partial charge in [0.1, 0.15) is 5.82 Å². The van der Waals surface area contributed by atoms with Crippen molar-refractivity contribution in [1.82, 2.24) is 9.97 Å². The molecule has 3 N–H and O–H groups in total. The number of halogens is 1. The monoisotopic (exact) mass is 305 g/mol. The Bertz CT molecular complexity index is 553. The van der Waals surface area contributed by atoms with Gasteiger partial charge in [-0.15, -0.1) is 0 Å². The third kappa shape index (κ3) is 2.10. The maximum atomic E-state index is 5.83. The Morgan fingerprint density at radius 3 is 2.56 bits per heavy atom. The Morgan fingerprint density at radius 1 is 1.28 bits per heavy atom. The first-order valence-corrected chi connectivity index (χ1v) is 7.01. The number of hydrogen-bond acceptors (Lipinski definition) is 2. The van der Waals surface area contributed by atoms with Gasteiger partial charge in [-0.25, -0.2) is 4.98 Å². The Labute approximate surface area is 115 Å². The summed E-state index contributed by atoms with van der Waals surface area (Å²) >= 11 is 3.45. The van der Waals surface area contributed by atoms with Crippen molar-refractivity contribution in [3.63, 3.8) is 0 Å². The fraction of sp³-hybridized carbons (Fsp3) is 0.357. The second-order valence-corrected chi connectivity index (χ2v) is 5.95. The summed E-state index contributed by atoms with van der Waals surface area (Å²) in [4.78, 5) is 8.14. The van der Waals surface area contributed by atoms with Crippen LogP contribution in [-0.4, -0.2) is 16.0 Å². The van der Waals surface area contributed by atoms with Gasteiger partial charge in [-0.05, 0) is 31.9 Å². The number of imidazole rings is 1. The lowest BCUT2D eigenvalue weighted by molar-refractivity contribution is 0.340. The van der Waals surface area contributed by atoms with Crippen molar-refractivity contribution in [3.8, 4) is 11.3 Å². The van der Waals surface area contributed by atoms with Crippen molar-refractivity contribution < 1.29 is 0 Å². The SMILES string of the molecule is Cc1[nH]c(C2CC(N)C2)nc1-c1ccc(Br)cc1. The molecule has 0 unspecified atom stereocenters. The van der Waals surface area contributed by atoms with Gasteiger partial charge in [0.25, 0.3) is 0 Å². The largest absolute Gasteiger partial charge is 0.345 e. The van der Waals surface area contributed by atoms with Crippen molar-refractivity contribution in [1.29, 1.82) is 0 Å². The van der Waals surface area contributed by atoms with Gasteiger partial charge in [0.05, 0.1) is 5.69 Å². The second-order valence-electron chi connectivity index (χ2n) is 5.03. The molecule has 1 aliphatic carbocycles. The van der Waals surface area contributed by atoms with E-state index in [1.165, 1.54) is 0 Å². The number of rotatable bonds is 2. The first kappa shape index (κ1) is 11.9. The lowest BCUT2D eigenvalue weighted by Gasteiger charge is -2.30. The van der Waals surface area contributed by atoms with Gasteiger partial charge >= 0.3 is 0 Å². The van der Waals surface area contributed by atoms with E-state index in [4.69, 9.17) is 10.7 Å². The van der Waals surface area contributed by atoms with E-state index < -0.39 is 0 Å². The molecule has 1 heterocycles. The van der Waals surface area contributed by atoms with Gasteiger partial charge < -0.3 is 10.7 Å². The molecule has 0 saturated heterocycles. The number of aromatic nitrogens is 2. The van der Waals surface area contributed by atoms with Crippen LogP contribution in [0.4, 0.5) is 0 Å². The topological polar surface area (TPSA) is 54.7 Å². The third-order valence-corrected chi connectivity index (χ3v) is 4.11. The number of aromatic amines is 1. The lowest BCUT2D eigenvalue weighted by Crippen LogP contribution is -2.35. The molecule has 3 nitrogen and oxygen atoms in total. The molecule has 4 heteroatoms. The number of H-pyrrole nitrogens is 1. The average molecular weight is 306 g/mol. The van der Waals surface area contributed by atoms with E-state index in [-0.39, 0.29) is 0 Å². The second kappa shape index (κ2) is 4.52. The third-order valence-electron chi connectivity index (χ3n) is 3.58. The number of nitrogens with one attached hydrogen (secondary N) is 1. The van der Waals surface area contributed by atoms with Crippen LogP contribution in [0.5, 0.6) is 0 Å². The van der Waals surface area contributed by atoms with Crippen LogP contribution in [0.25, 0.3) is 11.3 Å². The van der Waals surface area contributed by atoms with E-state index >= 15 is 0 Å². The van der Waals surface area contributed by atoms with Crippen LogP contribution in [0.3, 0.4) is 0 Å². The van der Waals surface area contributed by atoms with Crippen molar-refractivity contribution in [3.05, 3.63) is 40.3 Å². The molecular weight excluding hydrogens is 290 g/mol. The number of nitrogens with two attached hydrogens (primary N) is 1. The van der Waals surface area contributed by atoms with Crippen molar-refractivity contribution >= 4 is 15.9 Å². The van der Waals surface area contributed by atoms with E-state index in [2.05, 4.69) is 40.0 Å². The van der Waals surface area contributed by atoms with Crippen LogP contribution in [0.2, 0.25) is 0 Å². The van der Waals surface area contributed by atoms with E-state index in [9.17, 15) is 0 Å². The summed E-state index contributed by atoms with van der Waals surface area (Å²) in [6, 6.07) is 8.62. The maximum absolute atomic E-state index is 5.83. The Kier molecular flexibility index (Phi) is 2.99. The standard InChI is InChI=1S/C14H16BrN3/c1-8-13(9-2-4-11(15)5-3-9)18-14(17-8)10-6-12(16)7-10/h2-5,10,12H,6-7,16H2,1H3,(H,17,18). The minimum Gasteiger partial charge on any atom is -0.345 e. The summed E-state index contributed by atoms with van der Waals surface area (Å²) in [5.74, 6) is 1.61. The molecule has 0 atom stereocenters. The van der Waals surface area contributed by atoms with Crippen molar-refractivity contribution in [2.24, 2.45) is 5.73 Å². The predicted molar refractivity (Wildman–Crippen MR) is 76.4 cm³/mol. The van der Waals surface area contributed by atoms with Crippen molar-refractivity contribution in [2.75, 3.05) is 0 Å². The molecule has 3 rings (SSSR count). The fourth-order valence-corrected chi connectivity index (χ4v) is 2.72. The highest BCUT2D eigenvalue weighted by Crippen LogP contribution is 2.35. The highest BCUT2D eigenvalue weighted by molar-refractivity contribution is 9.10. The molecule has 0 amide bonds. The van der Waals surface area contributed by atoms with E-state index in [0.29, 0.717) is 12.0 Å². The average Bonchev–Trinajstić information content (AvgIpc) is 2.68. The molecule has 2 aromatic rings. The molecule has 94 valence electrons. The van der Waals surface area contributed by atoms with Gasteiger partial charge in [-0.2, -0.15) is 0 Å². The van der Waals surface area contributed by atoms with Gasteiger partial charge in [-0.1, -0.05) is 28.1 Å². The first-order chi connectivity index (χ1) is 8.63. The molecule has 1 saturated carbocycles. The molecule has 0 bridgehead atoms. The molecule has 0 aliphatic heterocycles. The highest BCUT2D eigenvalue weighted by atomic mass is 79.9. The van der Waals surface area contributed by atoms with Gasteiger partial charge in [0.2, 0.25) is 0 Å². The molecule has 1 aromatic carbocycles. The van der Waals surface area contributed by atoms with Crippen LogP contribution in [0.15, 0.2) is 28.7 Å². The molecule has 1 fully saturated rings. The summed E-state index contributed by atoms with van der Waals surface area (Å²) in [5.41, 5.74) is 9.17. The summed E-state index contributed by atoms with van der Waals surface area (Å²) in [6.45, 7) is 2.08. The van der Waals surface area contributed by atoms with Crippen molar-refractivity contribution in [2.45, 2.75) is 31.7 Å². The molecule has 1 aromatic heterocycles. The summed E-state index contributed by atoms with van der Waals surface area (Å²) in [7, 11) is 0. The van der Waals surface area contributed by atoms with E-state index in [1.54, 1.807) is 0 Å². The summed E-state index contributed by atoms with van der Waals surface area (Å²) in [5, 5.41) is 0. The van der Waals surface area contributed by atoms with Gasteiger partial charge in [0, 0.05) is 27.7 Å². The lowest BCUT2D eigenvalue weighted by atomic mass is 9.80. The quantitative estimate of drug-likeness (QED) is 0.894. The van der Waals surface area contributed by atoms with Gasteiger partial charge in [0.15, 0.2) is 0 Å². The predicted octanol–water partition coefficient (Wildman–Crippen LogP) is 3.35. The van der Waals surface area contributed by atoms with Crippen LogP contribution < -0.4 is 5.73 Å². The fourth-order valence-electron chi connectivity index (χ4n) is 2.45. The highest BCUT2D eigenvalue weighted by Gasteiger charge is 2.30. The number of aryl methyl sites for hydroxylation is 1. The molecule has 1 aliphatic rings.